The van der Waals surface area contributed by atoms with Gasteiger partial charge in [0.15, 0.2) is 0 Å². The summed E-state index contributed by atoms with van der Waals surface area (Å²) < 4.78 is 3.85. The van der Waals surface area contributed by atoms with E-state index in [1.54, 1.807) is 11.3 Å². The number of nitrogens with zero attached hydrogens (tertiary/aromatic N) is 5. The largest absolute Gasteiger partial charge is 0.316 e. The van der Waals surface area contributed by atoms with E-state index in [1.807, 2.05) is 16.2 Å². The molecule has 0 amide bonds. The number of hydrogen-bond donors (Lipinski definition) is 1. The minimum absolute atomic E-state index is 0.595. The quantitative estimate of drug-likeness (QED) is 0.562. The molecule has 1 saturated carbocycles. The molecule has 1 spiro atoms. The van der Waals surface area contributed by atoms with Crippen molar-refractivity contribution in [2.24, 2.45) is 12.5 Å². The zero-order valence-corrected chi connectivity index (χ0v) is 17.1. The van der Waals surface area contributed by atoms with Crippen molar-refractivity contribution < 1.29 is 0 Å². The maximum absolute atomic E-state index is 4.95. The highest BCUT2D eigenvalue weighted by Crippen LogP contribution is 2.45. The Balaban J connectivity index is 1.29. The number of aromatic nitrogens is 5. The number of aryl methyl sites for hydroxylation is 2. The Kier molecular flexibility index (Phi) is 3.50. The fourth-order valence-electron chi connectivity index (χ4n) is 4.94. The maximum atomic E-state index is 4.95. The fraction of sp³-hybridized carbons (Fsp3) is 0.476. The topological polar surface area (TPSA) is 60.0 Å². The molecule has 4 heterocycles. The number of hydrogen-bond acceptors (Lipinski definition) is 5. The molecule has 0 atom stereocenters. The Bertz CT molecular complexity index is 1150. The third-order valence-electron chi connectivity index (χ3n) is 6.69. The Morgan fingerprint density at radius 2 is 1.96 bits per heavy atom. The van der Waals surface area contributed by atoms with Crippen molar-refractivity contribution in [3.05, 3.63) is 35.8 Å². The molecule has 2 fully saturated rings. The van der Waals surface area contributed by atoms with Gasteiger partial charge < -0.3 is 5.32 Å². The lowest BCUT2D eigenvalue weighted by Gasteiger charge is -2.47. The first-order valence-electron chi connectivity index (χ1n) is 10.1. The van der Waals surface area contributed by atoms with E-state index in [2.05, 4.69) is 41.9 Å². The summed E-state index contributed by atoms with van der Waals surface area (Å²) in [4.78, 5) is 5.95. The molecule has 1 N–H and O–H groups in total. The Labute approximate surface area is 167 Å². The van der Waals surface area contributed by atoms with Gasteiger partial charge in [0, 0.05) is 43.2 Å². The SMILES string of the molecule is Cc1cc(-c2nn3cc(C4CCC5(CC4)CNC5)nc3s2)cc2cn(C)nc12. The molecule has 6 nitrogen and oxygen atoms in total. The summed E-state index contributed by atoms with van der Waals surface area (Å²) in [5, 5.41) is 15.0. The molecule has 2 aliphatic rings. The van der Waals surface area contributed by atoms with Gasteiger partial charge in [0.1, 0.15) is 5.01 Å². The molecule has 1 aliphatic heterocycles. The van der Waals surface area contributed by atoms with Gasteiger partial charge in [-0.2, -0.15) is 10.2 Å². The van der Waals surface area contributed by atoms with Crippen LogP contribution in [-0.2, 0) is 7.05 Å². The maximum Gasteiger partial charge on any atom is 0.212 e. The van der Waals surface area contributed by atoms with E-state index in [1.165, 1.54) is 50.0 Å². The van der Waals surface area contributed by atoms with Crippen LogP contribution in [0.25, 0.3) is 26.4 Å². The first-order chi connectivity index (χ1) is 13.6. The number of imidazole rings is 1. The van der Waals surface area contributed by atoms with Gasteiger partial charge in [-0.05, 0) is 55.7 Å². The zero-order valence-electron chi connectivity index (χ0n) is 16.3. The van der Waals surface area contributed by atoms with Crippen LogP contribution in [0.5, 0.6) is 0 Å². The third kappa shape index (κ3) is 2.53. The van der Waals surface area contributed by atoms with Crippen molar-refractivity contribution in [3.8, 4) is 10.6 Å². The minimum Gasteiger partial charge on any atom is -0.316 e. The molecule has 1 saturated heterocycles. The smallest absolute Gasteiger partial charge is 0.212 e. The van der Waals surface area contributed by atoms with Gasteiger partial charge in [0.2, 0.25) is 4.96 Å². The highest BCUT2D eigenvalue weighted by Gasteiger charge is 2.40. The third-order valence-corrected chi connectivity index (χ3v) is 7.66. The standard InChI is InChI=1S/C21H24N6S/c1-13-7-15(8-16-9-26(2)24-18(13)16)19-25-27-10-17(23-20(27)28-19)14-3-5-21(6-4-14)11-22-12-21/h7-10,14,22H,3-6,11-12H2,1-2H3. The van der Waals surface area contributed by atoms with Crippen LogP contribution in [0.2, 0.25) is 0 Å². The highest BCUT2D eigenvalue weighted by molar-refractivity contribution is 7.19. The van der Waals surface area contributed by atoms with E-state index >= 15 is 0 Å². The summed E-state index contributed by atoms with van der Waals surface area (Å²) in [6.45, 7) is 4.54. The molecule has 3 aromatic heterocycles. The second-order valence-corrected chi connectivity index (χ2v) is 9.67. The van der Waals surface area contributed by atoms with Gasteiger partial charge in [0.05, 0.1) is 17.4 Å². The molecule has 7 heteroatoms. The lowest BCUT2D eigenvalue weighted by atomic mass is 9.66. The molecular weight excluding hydrogens is 368 g/mol. The minimum atomic E-state index is 0.595. The molecule has 4 aromatic rings. The molecule has 1 aromatic carbocycles. The molecule has 144 valence electrons. The molecule has 6 rings (SSSR count). The summed E-state index contributed by atoms with van der Waals surface area (Å²) in [6, 6.07) is 4.36. The highest BCUT2D eigenvalue weighted by atomic mass is 32.1. The summed E-state index contributed by atoms with van der Waals surface area (Å²) in [7, 11) is 1.96. The predicted octanol–water partition coefficient (Wildman–Crippen LogP) is 3.90. The van der Waals surface area contributed by atoms with E-state index in [4.69, 9.17) is 10.1 Å². The van der Waals surface area contributed by atoms with Crippen LogP contribution in [0.1, 0.15) is 42.9 Å². The average Bonchev–Trinajstić information content (AvgIpc) is 3.32. The normalized spacial score (nSPS) is 19.6. The van der Waals surface area contributed by atoms with Gasteiger partial charge in [-0.1, -0.05) is 11.3 Å². The molecule has 28 heavy (non-hydrogen) atoms. The molecule has 0 bridgehead atoms. The average molecular weight is 393 g/mol. The number of benzene rings is 1. The van der Waals surface area contributed by atoms with Crippen LogP contribution in [0.4, 0.5) is 0 Å². The van der Waals surface area contributed by atoms with Gasteiger partial charge in [-0.25, -0.2) is 9.50 Å². The van der Waals surface area contributed by atoms with Gasteiger partial charge in [-0.15, -0.1) is 0 Å². The van der Waals surface area contributed by atoms with Crippen molar-refractivity contribution in [2.75, 3.05) is 13.1 Å². The van der Waals surface area contributed by atoms with Crippen molar-refractivity contribution in [2.45, 2.75) is 38.5 Å². The second-order valence-electron chi connectivity index (χ2n) is 8.71. The monoisotopic (exact) mass is 392 g/mol. The van der Waals surface area contributed by atoms with E-state index < -0.39 is 0 Å². The first-order valence-corrected chi connectivity index (χ1v) is 10.9. The molecule has 0 unspecified atom stereocenters. The molecule has 1 aliphatic carbocycles. The fourth-order valence-corrected chi connectivity index (χ4v) is 5.82. The molecule has 0 radical (unpaired) electrons. The van der Waals surface area contributed by atoms with Crippen LogP contribution < -0.4 is 5.32 Å². The Morgan fingerprint density at radius 1 is 1.14 bits per heavy atom. The van der Waals surface area contributed by atoms with E-state index in [0.29, 0.717) is 11.3 Å². The zero-order chi connectivity index (χ0) is 18.9. The van der Waals surface area contributed by atoms with Crippen LogP contribution >= 0.6 is 11.3 Å². The summed E-state index contributed by atoms with van der Waals surface area (Å²) in [6.07, 6.45) is 9.41. The van der Waals surface area contributed by atoms with Crippen LogP contribution in [0.3, 0.4) is 0 Å². The lowest BCUT2D eigenvalue weighted by Crippen LogP contribution is -2.54. The Hall–Kier alpha value is -2.25. The van der Waals surface area contributed by atoms with Crippen LogP contribution in [0.15, 0.2) is 24.5 Å². The van der Waals surface area contributed by atoms with Crippen molar-refractivity contribution in [1.82, 2.24) is 29.7 Å². The predicted molar refractivity (Wildman–Crippen MR) is 112 cm³/mol. The molecular formula is C21H24N6S. The number of rotatable bonds is 2. The lowest BCUT2D eigenvalue weighted by molar-refractivity contribution is 0.0969. The first kappa shape index (κ1) is 16.7. The summed E-state index contributed by atoms with van der Waals surface area (Å²) in [5.41, 5.74) is 5.22. The van der Waals surface area contributed by atoms with Gasteiger partial charge >= 0.3 is 0 Å². The van der Waals surface area contributed by atoms with Crippen molar-refractivity contribution in [3.63, 3.8) is 0 Å². The van der Waals surface area contributed by atoms with Crippen molar-refractivity contribution in [1.29, 1.82) is 0 Å². The van der Waals surface area contributed by atoms with Gasteiger partial charge in [0.25, 0.3) is 0 Å². The van der Waals surface area contributed by atoms with Crippen molar-refractivity contribution >= 4 is 27.2 Å². The summed E-state index contributed by atoms with van der Waals surface area (Å²) >= 11 is 1.68. The summed E-state index contributed by atoms with van der Waals surface area (Å²) in [5.74, 6) is 0.595. The number of fused-ring (bicyclic) bond motifs is 2. The van der Waals surface area contributed by atoms with E-state index in [0.717, 1.165) is 26.4 Å². The van der Waals surface area contributed by atoms with Crippen LogP contribution in [0, 0.1) is 12.3 Å². The van der Waals surface area contributed by atoms with E-state index in [9.17, 15) is 0 Å². The van der Waals surface area contributed by atoms with E-state index in [-0.39, 0.29) is 0 Å². The number of nitrogens with one attached hydrogen (secondary N) is 1. The van der Waals surface area contributed by atoms with Crippen LogP contribution in [-0.4, -0.2) is 37.5 Å². The second kappa shape index (κ2) is 5.87. The van der Waals surface area contributed by atoms with Gasteiger partial charge in [-0.3, -0.25) is 4.68 Å². The Morgan fingerprint density at radius 3 is 2.68 bits per heavy atom.